The first-order valence-corrected chi connectivity index (χ1v) is 9.52. The largest absolute Gasteiger partial charge is 0.348 e. The zero-order valence-corrected chi connectivity index (χ0v) is 16.1. The summed E-state index contributed by atoms with van der Waals surface area (Å²) in [6, 6.07) is 11.4. The van der Waals surface area contributed by atoms with Crippen LogP contribution in [-0.2, 0) is 11.2 Å². The third-order valence-corrected chi connectivity index (χ3v) is 5.15. The maximum atomic E-state index is 12.3. The molecule has 0 spiro atoms. The highest BCUT2D eigenvalue weighted by molar-refractivity contribution is 7.09. The highest BCUT2D eigenvalue weighted by Crippen LogP contribution is 2.14. The molecule has 1 aromatic carbocycles. The van der Waals surface area contributed by atoms with Crippen LogP contribution in [0.3, 0.4) is 0 Å². The second kappa shape index (κ2) is 10.3. The summed E-state index contributed by atoms with van der Waals surface area (Å²) < 4.78 is 0. The van der Waals surface area contributed by atoms with E-state index in [0.29, 0.717) is 17.7 Å². The predicted molar refractivity (Wildman–Crippen MR) is 108 cm³/mol. The standard InChI is InChI=1S/C19H23N3O2S.ClH/c23-18(8-2-6-17-7-3-11-25-17)21-15-5-1-4-14(12-15)19(24)22-16-9-10-20-13-16;/h1,3-5,7,11-12,16,20H,2,6,8-10,13H2,(H,21,23)(H,22,24);1H. The highest BCUT2D eigenvalue weighted by atomic mass is 35.5. The minimum Gasteiger partial charge on any atom is -0.348 e. The van der Waals surface area contributed by atoms with Gasteiger partial charge in [0.05, 0.1) is 0 Å². The topological polar surface area (TPSA) is 70.2 Å². The second-order valence-corrected chi connectivity index (χ2v) is 7.26. The molecule has 5 nitrogen and oxygen atoms in total. The van der Waals surface area contributed by atoms with Crippen LogP contribution in [0.15, 0.2) is 41.8 Å². The number of hydrogen-bond acceptors (Lipinski definition) is 4. The lowest BCUT2D eigenvalue weighted by atomic mass is 10.1. The summed E-state index contributed by atoms with van der Waals surface area (Å²) >= 11 is 1.72. The number of amides is 2. The van der Waals surface area contributed by atoms with Gasteiger partial charge in [0.1, 0.15) is 0 Å². The van der Waals surface area contributed by atoms with E-state index < -0.39 is 0 Å². The normalized spacial score (nSPS) is 15.9. The molecule has 1 aromatic heterocycles. The van der Waals surface area contributed by atoms with Crippen molar-refractivity contribution in [3.05, 3.63) is 52.2 Å². The van der Waals surface area contributed by atoms with Gasteiger partial charge in [-0.3, -0.25) is 9.59 Å². The molecule has 7 heteroatoms. The Balaban J connectivity index is 0.00000243. The Hall–Kier alpha value is -1.89. The molecule has 2 amide bonds. The molecule has 1 aliphatic rings. The molecule has 1 atom stereocenters. The number of rotatable bonds is 7. The maximum Gasteiger partial charge on any atom is 0.251 e. The smallest absolute Gasteiger partial charge is 0.251 e. The van der Waals surface area contributed by atoms with Gasteiger partial charge in [-0.15, -0.1) is 23.7 Å². The van der Waals surface area contributed by atoms with Gasteiger partial charge in [-0.05, 0) is 55.5 Å². The quantitative estimate of drug-likeness (QED) is 0.676. The lowest BCUT2D eigenvalue weighted by Crippen LogP contribution is -2.36. The van der Waals surface area contributed by atoms with Crippen LogP contribution in [0.5, 0.6) is 0 Å². The first kappa shape index (κ1) is 20.4. The maximum absolute atomic E-state index is 12.3. The zero-order chi connectivity index (χ0) is 17.5. The minimum atomic E-state index is -0.0949. The van der Waals surface area contributed by atoms with Crippen LogP contribution in [0.1, 0.15) is 34.5 Å². The summed E-state index contributed by atoms with van der Waals surface area (Å²) in [4.78, 5) is 25.7. The number of aryl methyl sites for hydroxylation is 1. The van der Waals surface area contributed by atoms with E-state index >= 15 is 0 Å². The van der Waals surface area contributed by atoms with Crippen LogP contribution in [0.25, 0.3) is 0 Å². The van der Waals surface area contributed by atoms with Crippen LogP contribution in [0.4, 0.5) is 5.69 Å². The SMILES string of the molecule is Cl.O=C(CCCc1cccs1)Nc1cccc(C(=O)NC2CCNC2)c1. The Kier molecular flexibility index (Phi) is 8.09. The van der Waals surface area contributed by atoms with E-state index in [9.17, 15) is 9.59 Å². The Morgan fingerprint density at radius 3 is 2.85 bits per heavy atom. The lowest BCUT2D eigenvalue weighted by molar-refractivity contribution is -0.116. The fraction of sp³-hybridized carbons (Fsp3) is 0.368. The fourth-order valence-electron chi connectivity index (χ4n) is 2.89. The zero-order valence-electron chi connectivity index (χ0n) is 14.5. The van der Waals surface area contributed by atoms with Gasteiger partial charge in [0.25, 0.3) is 5.91 Å². The molecular weight excluding hydrogens is 370 g/mol. The Bertz CT molecular complexity index is 715. The van der Waals surface area contributed by atoms with E-state index in [1.165, 1.54) is 4.88 Å². The molecule has 2 heterocycles. The van der Waals surface area contributed by atoms with Crippen molar-refractivity contribution in [2.45, 2.75) is 31.7 Å². The van der Waals surface area contributed by atoms with Crippen LogP contribution in [-0.4, -0.2) is 30.9 Å². The van der Waals surface area contributed by atoms with Gasteiger partial charge >= 0.3 is 0 Å². The number of halogens is 1. The Morgan fingerprint density at radius 2 is 2.12 bits per heavy atom. The van der Waals surface area contributed by atoms with Crippen LogP contribution in [0.2, 0.25) is 0 Å². The van der Waals surface area contributed by atoms with Gasteiger partial charge in [-0.1, -0.05) is 12.1 Å². The lowest BCUT2D eigenvalue weighted by Gasteiger charge is -2.12. The highest BCUT2D eigenvalue weighted by Gasteiger charge is 2.17. The molecule has 140 valence electrons. The molecule has 0 saturated carbocycles. The number of carbonyl (C=O) groups is 2. The average Bonchev–Trinajstić information content (AvgIpc) is 3.29. The number of carbonyl (C=O) groups excluding carboxylic acids is 2. The predicted octanol–water partition coefficient (Wildman–Crippen LogP) is 3.22. The summed E-state index contributed by atoms with van der Waals surface area (Å²) in [6.07, 6.45) is 3.17. The third kappa shape index (κ3) is 6.12. The molecule has 0 aliphatic carbocycles. The van der Waals surface area contributed by atoms with E-state index in [0.717, 1.165) is 32.4 Å². The number of benzene rings is 1. The van der Waals surface area contributed by atoms with E-state index in [4.69, 9.17) is 0 Å². The third-order valence-electron chi connectivity index (χ3n) is 4.21. The van der Waals surface area contributed by atoms with Gasteiger partial charge in [0, 0.05) is 35.1 Å². The number of nitrogens with one attached hydrogen (secondary N) is 3. The monoisotopic (exact) mass is 393 g/mol. The molecule has 1 unspecified atom stereocenters. The van der Waals surface area contributed by atoms with Crippen molar-refractivity contribution in [1.29, 1.82) is 0 Å². The van der Waals surface area contributed by atoms with Crippen molar-refractivity contribution < 1.29 is 9.59 Å². The number of thiophene rings is 1. The van der Waals surface area contributed by atoms with Gasteiger partial charge in [-0.2, -0.15) is 0 Å². The summed E-state index contributed by atoms with van der Waals surface area (Å²) in [5.74, 6) is -0.114. The minimum absolute atomic E-state index is 0. The van der Waals surface area contributed by atoms with Crippen molar-refractivity contribution in [3.63, 3.8) is 0 Å². The summed E-state index contributed by atoms with van der Waals surface area (Å²) in [6.45, 7) is 1.75. The molecule has 1 aliphatic heterocycles. The first-order valence-electron chi connectivity index (χ1n) is 8.64. The van der Waals surface area contributed by atoms with E-state index in [-0.39, 0.29) is 30.3 Å². The van der Waals surface area contributed by atoms with Gasteiger partial charge in [0.2, 0.25) is 5.91 Å². The van der Waals surface area contributed by atoms with E-state index in [1.54, 1.807) is 29.5 Å². The van der Waals surface area contributed by atoms with Crippen molar-refractivity contribution >= 4 is 41.2 Å². The molecule has 3 rings (SSSR count). The van der Waals surface area contributed by atoms with Crippen molar-refractivity contribution in [2.75, 3.05) is 18.4 Å². The first-order chi connectivity index (χ1) is 12.2. The molecular formula is C19H24ClN3O2S. The van der Waals surface area contributed by atoms with E-state index in [1.807, 2.05) is 17.5 Å². The Morgan fingerprint density at radius 1 is 1.23 bits per heavy atom. The van der Waals surface area contributed by atoms with Gasteiger partial charge in [0.15, 0.2) is 0 Å². The van der Waals surface area contributed by atoms with E-state index in [2.05, 4.69) is 22.0 Å². The van der Waals surface area contributed by atoms with Crippen LogP contribution in [0, 0.1) is 0 Å². The second-order valence-electron chi connectivity index (χ2n) is 6.23. The molecule has 26 heavy (non-hydrogen) atoms. The van der Waals surface area contributed by atoms with Crippen molar-refractivity contribution in [3.8, 4) is 0 Å². The van der Waals surface area contributed by atoms with Crippen LogP contribution >= 0.6 is 23.7 Å². The summed E-state index contributed by atoms with van der Waals surface area (Å²) in [7, 11) is 0. The summed E-state index contributed by atoms with van der Waals surface area (Å²) in [5, 5.41) is 11.2. The fourth-order valence-corrected chi connectivity index (χ4v) is 3.64. The number of anilines is 1. The molecule has 0 radical (unpaired) electrons. The van der Waals surface area contributed by atoms with Crippen molar-refractivity contribution in [1.82, 2.24) is 10.6 Å². The van der Waals surface area contributed by atoms with Gasteiger partial charge < -0.3 is 16.0 Å². The summed E-state index contributed by atoms with van der Waals surface area (Å²) in [5.41, 5.74) is 1.24. The van der Waals surface area contributed by atoms with Gasteiger partial charge in [-0.25, -0.2) is 0 Å². The van der Waals surface area contributed by atoms with Crippen molar-refractivity contribution in [2.24, 2.45) is 0 Å². The average molecular weight is 394 g/mol. The molecule has 1 saturated heterocycles. The Labute approximate surface area is 164 Å². The molecule has 2 aromatic rings. The molecule has 0 bridgehead atoms. The number of hydrogen-bond donors (Lipinski definition) is 3. The molecule has 1 fully saturated rings. The molecule has 3 N–H and O–H groups in total. The van der Waals surface area contributed by atoms with Crippen LogP contribution < -0.4 is 16.0 Å².